The second-order valence-electron chi connectivity index (χ2n) is 4.90. The van der Waals surface area contributed by atoms with Gasteiger partial charge >= 0.3 is 0 Å². The van der Waals surface area contributed by atoms with Crippen LogP contribution in [0.2, 0.25) is 0 Å². The Labute approximate surface area is 97.7 Å². The van der Waals surface area contributed by atoms with Crippen molar-refractivity contribution < 1.29 is 0 Å². The van der Waals surface area contributed by atoms with Gasteiger partial charge in [-0.25, -0.2) is 4.98 Å². The molecule has 0 bridgehead atoms. The Kier molecular flexibility index (Phi) is 3.44. The van der Waals surface area contributed by atoms with E-state index in [0.29, 0.717) is 6.04 Å². The Hall–Kier alpha value is -1.09. The predicted octanol–water partition coefficient (Wildman–Crippen LogP) is 2.46. The molecule has 1 fully saturated rings. The summed E-state index contributed by atoms with van der Waals surface area (Å²) in [4.78, 5) is 4.56. The lowest BCUT2D eigenvalue weighted by molar-refractivity contribution is 0.682. The Balaban J connectivity index is 1.97. The van der Waals surface area contributed by atoms with E-state index in [9.17, 15) is 0 Å². The van der Waals surface area contributed by atoms with E-state index in [1.54, 1.807) is 0 Å². The maximum absolute atomic E-state index is 4.56. The van der Waals surface area contributed by atoms with Gasteiger partial charge in [0, 0.05) is 24.3 Å². The first-order chi connectivity index (χ1) is 7.65. The molecule has 1 saturated carbocycles. The van der Waals surface area contributed by atoms with Crippen LogP contribution in [0, 0.1) is 6.92 Å². The number of aryl methyl sites for hydroxylation is 1. The summed E-state index contributed by atoms with van der Waals surface area (Å²) in [6, 6.07) is 5.43. The number of pyridine rings is 1. The van der Waals surface area contributed by atoms with Crippen LogP contribution in [0.1, 0.15) is 37.9 Å². The first kappa shape index (κ1) is 11.4. The van der Waals surface area contributed by atoms with Gasteiger partial charge in [-0.3, -0.25) is 0 Å². The van der Waals surface area contributed by atoms with Crippen LogP contribution in [0.4, 0.5) is 5.82 Å². The number of nitrogens with one attached hydrogen (secondary N) is 2. The normalized spacial score (nSPS) is 15.5. The SMILES string of the molecule is Cc1nc(NC(C)C)ccc1CNC1CC1. The zero-order valence-electron chi connectivity index (χ0n) is 10.4. The van der Waals surface area contributed by atoms with Gasteiger partial charge in [0.1, 0.15) is 5.82 Å². The Morgan fingerprint density at radius 2 is 2.12 bits per heavy atom. The van der Waals surface area contributed by atoms with Gasteiger partial charge in [0.15, 0.2) is 0 Å². The lowest BCUT2D eigenvalue weighted by atomic mass is 10.2. The van der Waals surface area contributed by atoms with Crippen molar-refractivity contribution >= 4 is 5.82 Å². The topological polar surface area (TPSA) is 37.0 Å². The molecule has 3 heteroatoms. The second-order valence-corrected chi connectivity index (χ2v) is 4.90. The van der Waals surface area contributed by atoms with Crippen LogP contribution in [0.3, 0.4) is 0 Å². The monoisotopic (exact) mass is 219 g/mol. The van der Waals surface area contributed by atoms with E-state index in [1.807, 2.05) is 0 Å². The zero-order valence-corrected chi connectivity index (χ0v) is 10.4. The average molecular weight is 219 g/mol. The van der Waals surface area contributed by atoms with Crippen LogP contribution < -0.4 is 10.6 Å². The second kappa shape index (κ2) is 4.83. The van der Waals surface area contributed by atoms with E-state index in [2.05, 4.69) is 48.5 Å². The van der Waals surface area contributed by atoms with Crippen molar-refractivity contribution in [2.75, 3.05) is 5.32 Å². The molecule has 1 aromatic rings. The summed E-state index contributed by atoms with van der Waals surface area (Å²) in [6.45, 7) is 7.28. The molecule has 0 radical (unpaired) electrons. The summed E-state index contributed by atoms with van der Waals surface area (Å²) < 4.78 is 0. The van der Waals surface area contributed by atoms with E-state index in [4.69, 9.17) is 0 Å². The van der Waals surface area contributed by atoms with Crippen LogP contribution in [0.5, 0.6) is 0 Å². The minimum atomic E-state index is 0.433. The van der Waals surface area contributed by atoms with E-state index >= 15 is 0 Å². The smallest absolute Gasteiger partial charge is 0.126 e. The molecule has 2 rings (SSSR count). The minimum absolute atomic E-state index is 0.433. The molecular formula is C13H21N3. The molecule has 0 unspecified atom stereocenters. The summed E-state index contributed by atoms with van der Waals surface area (Å²) >= 11 is 0. The zero-order chi connectivity index (χ0) is 11.5. The highest BCUT2D eigenvalue weighted by atomic mass is 15.0. The van der Waals surface area contributed by atoms with Gasteiger partial charge in [-0.1, -0.05) is 6.07 Å². The molecular weight excluding hydrogens is 198 g/mol. The highest BCUT2D eigenvalue weighted by Crippen LogP contribution is 2.20. The molecule has 88 valence electrons. The van der Waals surface area contributed by atoms with Crippen molar-refractivity contribution in [1.29, 1.82) is 0 Å². The predicted molar refractivity (Wildman–Crippen MR) is 67.6 cm³/mol. The van der Waals surface area contributed by atoms with E-state index in [1.165, 1.54) is 18.4 Å². The molecule has 0 aliphatic heterocycles. The van der Waals surface area contributed by atoms with Crippen molar-refractivity contribution in [3.05, 3.63) is 23.4 Å². The molecule has 1 aromatic heterocycles. The van der Waals surface area contributed by atoms with Crippen molar-refractivity contribution in [1.82, 2.24) is 10.3 Å². The van der Waals surface area contributed by atoms with E-state index < -0.39 is 0 Å². The third-order valence-corrected chi connectivity index (χ3v) is 2.79. The highest BCUT2D eigenvalue weighted by molar-refractivity contribution is 5.39. The van der Waals surface area contributed by atoms with Crippen molar-refractivity contribution in [3.8, 4) is 0 Å². The van der Waals surface area contributed by atoms with E-state index in [-0.39, 0.29) is 0 Å². The fourth-order valence-corrected chi connectivity index (χ4v) is 1.69. The summed E-state index contributed by atoms with van der Waals surface area (Å²) in [5.41, 5.74) is 2.43. The molecule has 0 spiro atoms. The van der Waals surface area contributed by atoms with Gasteiger partial charge in [-0.15, -0.1) is 0 Å². The van der Waals surface area contributed by atoms with Crippen molar-refractivity contribution in [3.63, 3.8) is 0 Å². The molecule has 0 saturated heterocycles. The number of nitrogens with zero attached hydrogens (tertiary/aromatic N) is 1. The molecule has 1 heterocycles. The summed E-state index contributed by atoms with van der Waals surface area (Å²) in [5.74, 6) is 0.975. The summed E-state index contributed by atoms with van der Waals surface area (Å²) in [6.07, 6.45) is 2.67. The number of rotatable bonds is 5. The number of aromatic nitrogens is 1. The molecule has 2 N–H and O–H groups in total. The number of anilines is 1. The Morgan fingerprint density at radius 3 is 2.69 bits per heavy atom. The van der Waals surface area contributed by atoms with Crippen molar-refractivity contribution in [2.45, 2.75) is 52.2 Å². The molecule has 1 aliphatic rings. The lowest BCUT2D eigenvalue weighted by Crippen LogP contribution is -2.17. The van der Waals surface area contributed by atoms with E-state index in [0.717, 1.165) is 24.1 Å². The van der Waals surface area contributed by atoms with Gasteiger partial charge in [0.2, 0.25) is 0 Å². The first-order valence-corrected chi connectivity index (χ1v) is 6.11. The number of hydrogen-bond acceptors (Lipinski definition) is 3. The third-order valence-electron chi connectivity index (χ3n) is 2.79. The van der Waals surface area contributed by atoms with Gasteiger partial charge < -0.3 is 10.6 Å². The molecule has 16 heavy (non-hydrogen) atoms. The van der Waals surface area contributed by atoms with Crippen LogP contribution in [0.15, 0.2) is 12.1 Å². The largest absolute Gasteiger partial charge is 0.368 e. The minimum Gasteiger partial charge on any atom is -0.368 e. The van der Waals surface area contributed by atoms with Crippen LogP contribution in [0.25, 0.3) is 0 Å². The standard InChI is InChI=1S/C13H21N3/c1-9(2)15-13-7-4-11(10(3)16-13)8-14-12-5-6-12/h4,7,9,12,14H,5-6,8H2,1-3H3,(H,15,16). The molecule has 3 nitrogen and oxygen atoms in total. The Bertz CT molecular complexity index is 356. The number of hydrogen-bond donors (Lipinski definition) is 2. The lowest BCUT2D eigenvalue weighted by Gasteiger charge is -2.12. The quantitative estimate of drug-likeness (QED) is 0.798. The average Bonchev–Trinajstić information content (AvgIpc) is 2.99. The van der Waals surface area contributed by atoms with Gasteiger partial charge in [0.05, 0.1) is 0 Å². The summed E-state index contributed by atoms with van der Waals surface area (Å²) in [7, 11) is 0. The summed E-state index contributed by atoms with van der Waals surface area (Å²) in [5, 5.41) is 6.83. The molecule has 0 aromatic carbocycles. The van der Waals surface area contributed by atoms with Gasteiger partial charge in [-0.05, 0) is 45.2 Å². The van der Waals surface area contributed by atoms with Gasteiger partial charge in [0.25, 0.3) is 0 Å². The van der Waals surface area contributed by atoms with Gasteiger partial charge in [-0.2, -0.15) is 0 Å². The molecule has 0 atom stereocenters. The molecule has 0 amide bonds. The van der Waals surface area contributed by atoms with Crippen LogP contribution >= 0.6 is 0 Å². The maximum atomic E-state index is 4.56. The van der Waals surface area contributed by atoms with Crippen molar-refractivity contribution in [2.24, 2.45) is 0 Å². The first-order valence-electron chi connectivity index (χ1n) is 6.11. The fourth-order valence-electron chi connectivity index (χ4n) is 1.69. The van der Waals surface area contributed by atoms with Crippen LogP contribution in [-0.2, 0) is 6.54 Å². The van der Waals surface area contributed by atoms with Crippen LogP contribution in [-0.4, -0.2) is 17.1 Å². The molecule has 1 aliphatic carbocycles. The third kappa shape index (κ3) is 3.20. The fraction of sp³-hybridized carbons (Fsp3) is 0.615. The maximum Gasteiger partial charge on any atom is 0.126 e. The Morgan fingerprint density at radius 1 is 1.38 bits per heavy atom. The highest BCUT2D eigenvalue weighted by Gasteiger charge is 2.20.